The Kier molecular flexibility index (Phi) is 5.48. The highest BCUT2D eigenvalue weighted by atomic mass is 19.1. The fourth-order valence-corrected chi connectivity index (χ4v) is 3.42. The summed E-state index contributed by atoms with van der Waals surface area (Å²) >= 11 is 0. The van der Waals surface area contributed by atoms with Crippen LogP contribution in [0.5, 0.6) is 0 Å². The average Bonchev–Trinajstić information content (AvgIpc) is 3.00. The van der Waals surface area contributed by atoms with E-state index in [4.69, 9.17) is 0 Å². The Balaban J connectivity index is 1.56. The fraction of sp³-hybridized carbons (Fsp3) is 0.474. The number of hydrogen-bond donors (Lipinski definition) is 1. The number of carbonyl (C=O) groups excluding carboxylic acids is 1. The standard InChI is InChI=1S/C19H24FN3O2/c1-22-12-15(11-21-22)5-6-19(25)23-8-7-18(24)16(13-23)9-14-3-2-4-17(20)10-14/h2-4,10-12,16,18,24H,5-9,13H2,1H3/t16-,18+/m1/s1. The van der Waals surface area contributed by atoms with Crippen LogP contribution in [0.1, 0.15) is 24.0 Å². The van der Waals surface area contributed by atoms with E-state index in [1.807, 2.05) is 24.2 Å². The van der Waals surface area contributed by atoms with Crippen LogP contribution in [0.15, 0.2) is 36.7 Å². The molecule has 0 unspecified atom stereocenters. The van der Waals surface area contributed by atoms with Crippen LogP contribution in [0.25, 0.3) is 0 Å². The van der Waals surface area contributed by atoms with Crippen LogP contribution in [-0.2, 0) is 24.7 Å². The van der Waals surface area contributed by atoms with E-state index in [0.29, 0.717) is 38.8 Å². The third kappa shape index (κ3) is 4.66. The first kappa shape index (κ1) is 17.6. The highest BCUT2D eigenvalue weighted by molar-refractivity contribution is 5.76. The second-order valence-electron chi connectivity index (χ2n) is 6.81. The quantitative estimate of drug-likeness (QED) is 0.901. The van der Waals surface area contributed by atoms with E-state index in [1.54, 1.807) is 16.9 Å². The molecule has 134 valence electrons. The Labute approximate surface area is 147 Å². The molecular weight excluding hydrogens is 321 g/mol. The number of aliphatic hydroxyl groups is 1. The zero-order valence-corrected chi connectivity index (χ0v) is 14.4. The van der Waals surface area contributed by atoms with Crippen molar-refractivity contribution in [3.63, 3.8) is 0 Å². The van der Waals surface area contributed by atoms with E-state index in [1.165, 1.54) is 12.1 Å². The van der Waals surface area contributed by atoms with Gasteiger partial charge in [0.2, 0.25) is 5.91 Å². The summed E-state index contributed by atoms with van der Waals surface area (Å²) in [5.74, 6) is -0.231. The van der Waals surface area contributed by atoms with Gasteiger partial charge in [0.05, 0.1) is 12.3 Å². The number of benzene rings is 1. The Hall–Kier alpha value is -2.21. The lowest BCUT2D eigenvalue weighted by Gasteiger charge is -2.36. The molecule has 0 aliphatic carbocycles. The molecule has 25 heavy (non-hydrogen) atoms. The molecule has 2 heterocycles. The molecule has 1 N–H and O–H groups in total. The fourth-order valence-electron chi connectivity index (χ4n) is 3.42. The third-order valence-corrected chi connectivity index (χ3v) is 4.82. The maximum absolute atomic E-state index is 13.4. The van der Waals surface area contributed by atoms with E-state index in [2.05, 4.69) is 5.10 Å². The van der Waals surface area contributed by atoms with Crippen molar-refractivity contribution >= 4 is 5.91 Å². The summed E-state index contributed by atoms with van der Waals surface area (Å²) < 4.78 is 15.1. The van der Waals surface area contributed by atoms with Crippen LogP contribution in [-0.4, -0.2) is 44.9 Å². The van der Waals surface area contributed by atoms with Gasteiger partial charge in [0.25, 0.3) is 0 Å². The molecule has 1 saturated heterocycles. The SMILES string of the molecule is Cn1cc(CCC(=O)N2CC[C@H](O)[C@H](Cc3cccc(F)c3)C2)cn1. The highest BCUT2D eigenvalue weighted by Gasteiger charge is 2.30. The minimum atomic E-state index is -0.453. The molecule has 0 radical (unpaired) electrons. The number of amides is 1. The van der Waals surface area contributed by atoms with E-state index in [-0.39, 0.29) is 17.6 Å². The summed E-state index contributed by atoms with van der Waals surface area (Å²) in [6.45, 7) is 1.09. The number of likely N-dealkylation sites (tertiary alicyclic amines) is 1. The van der Waals surface area contributed by atoms with E-state index < -0.39 is 6.10 Å². The van der Waals surface area contributed by atoms with Crippen LogP contribution >= 0.6 is 0 Å². The number of aryl methyl sites for hydroxylation is 2. The predicted octanol–water partition coefficient (Wildman–Crippen LogP) is 1.94. The molecule has 1 aliphatic heterocycles. The van der Waals surface area contributed by atoms with Crippen molar-refractivity contribution in [2.75, 3.05) is 13.1 Å². The van der Waals surface area contributed by atoms with Crippen LogP contribution in [0.4, 0.5) is 4.39 Å². The molecule has 1 aromatic heterocycles. The molecule has 5 nitrogen and oxygen atoms in total. The van der Waals surface area contributed by atoms with Gasteiger partial charge in [0.1, 0.15) is 5.82 Å². The van der Waals surface area contributed by atoms with Gasteiger partial charge in [0.15, 0.2) is 0 Å². The van der Waals surface area contributed by atoms with Gasteiger partial charge in [0, 0.05) is 38.7 Å². The van der Waals surface area contributed by atoms with Crippen molar-refractivity contribution in [3.8, 4) is 0 Å². The Morgan fingerprint density at radius 2 is 2.24 bits per heavy atom. The first-order valence-corrected chi connectivity index (χ1v) is 8.69. The number of halogens is 1. The number of hydrogen-bond acceptors (Lipinski definition) is 3. The van der Waals surface area contributed by atoms with Crippen LogP contribution < -0.4 is 0 Å². The molecule has 0 saturated carbocycles. The Morgan fingerprint density at radius 1 is 1.40 bits per heavy atom. The number of carbonyl (C=O) groups is 1. The highest BCUT2D eigenvalue weighted by Crippen LogP contribution is 2.22. The lowest BCUT2D eigenvalue weighted by atomic mass is 9.88. The van der Waals surface area contributed by atoms with Crippen LogP contribution in [0, 0.1) is 11.7 Å². The zero-order chi connectivity index (χ0) is 17.8. The maximum Gasteiger partial charge on any atom is 0.222 e. The van der Waals surface area contributed by atoms with E-state index >= 15 is 0 Å². The molecule has 1 aliphatic rings. The first-order chi connectivity index (χ1) is 12.0. The van der Waals surface area contributed by atoms with Gasteiger partial charge in [-0.2, -0.15) is 5.10 Å². The van der Waals surface area contributed by atoms with Gasteiger partial charge < -0.3 is 10.0 Å². The van der Waals surface area contributed by atoms with Gasteiger partial charge >= 0.3 is 0 Å². The topological polar surface area (TPSA) is 58.4 Å². The average molecular weight is 345 g/mol. The van der Waals surface area contributed by atoms with Crippen molar-refractivity contribution in [2.45, 2.75) is 31.8 Å². The van der Waals surface area contributed by atoms with Crippen molar-refractivity contribution in [1.82, 2.24) is 14.7 Å². The molecule has 6 heteroatoms. The monoisotopic (exact) mass is 345 g/mol. The molecule has 2 aromatic rings. The molecule has 0 spiro atoms. The van der Waals surface area contributed by atoms with Gasteiger partial charge in [-0.3, -0.25) is 9.48 Å². The van der Waals surface area contributed by atoms with E-state index in [0.717, 1.165) is 11.1 Å². The molecule has 0 bridgehead atoms. The minimum absolute atomic E-state index is 0.0575. The van der Waals surface area contributed by atoms with Crippen molar-refractivity contribution < 1.29 is 14.3 Å². The van der Waals surface area contributed by atoms with Crippen molar-refractivity contribution in [3.05, 3.63) is 53.6 Å². The minimum Gasteiger partial charge on any atom is -0.393 e. The van der Waals surface area contributed by atoms with Crippen molar-refractivity contribution in [2.24, 2.45) is 13.0 Å². The molecular formula is C19H24FN3O2. The molecule has 1 amide bonds. The van der Waals surface area contributed by atoms with Crippen LogP contribution in [0.2, 0.25) is 0 Å². The molecule has 3 rings (SSSR count). The first-order valence-electron chi connectivity index (χ1n) is 8.69. The van der Waals surface area contributed by atoms with Gasteiger partial charge in [-0.05, 0) is 42.5 Å². The summed E-state index contributed by atoms with van der Waals surface area (Å²) in [6, 6.07) is 6.45. The molecule has 2 atom stereocenters. The number of aromatic nitrogens is 2. The maximum atomic E-state index is 13.4. The molecule has 1 aromatic carbocycles. The normalized spacial score (nSPS) is 20.7. The summed E-state index contributed by atoms with van der Waals surface area (Å²) in [7, 11) is 1.86. The van der Waals surface area contributed by atoms with E-state index in [9.17, 15) is 14.3 Å². The second kappa shape index (κ2) is 7.78. The predicted molar refractivity (Wildman–Crippen MR) is 92.3 cm³/mol. The summed E-state index contributed by atoms with van der Waals surface area (Å²) in [5, 5.41) is 14.4. The summed E-state index contributed by atoms with van der Waals surface area (Å²) in [5.41, 5.74) is 1.90. The number of aliphatic hydroxyl groups excluding tert-OH is 1. The smallest absolute Gasteiger partial charge is 0.222 e. The third-order valence-electron chi connectivity index (χ3n) is 4.82. The van der Waals surface area contributed by atoms with Gasteiger partial charge in [-0.1, -0.05) is 12.1 Å². The number of rotatable bonds is 5. The Bertz CT molecular complexity index is 731. The zero-order valence-electron chi connectivity index (χ0n) is 14.4. The number of nitrogens with zero attached hydrogens (tertiary/aromatic N) is 3. The van der Waals surface area contributed by atoms with Gasteiger partial charge in [-0.25, -0.2) is 4.39 Å². The molecule has 1 fully saturated rings. The van der Waals surface area contributed by atoms with Crippen LogP contribution in [0.3, 0.4) is 0 Å². The Morgan fingerprint density at radius 3 is 2.96 bits per heavy atom. The van der Waals surface area contributed by atoms with Crippen molar-refractivity contribution in [1.29, 1.82) is 0 Å². The lowest BCUT2D eigenvalue weighted by molar-refractivity contribution is -0.134. The lowest BCUT2D eigenvalue weighted by Crippen LogP contribution is -2.46. The summed E-state index contributed by atoms with van der Waals surface area (Å²) in [4.78, 5) is 14.3. The number of piperidine rings is 1. The largest absolute Gasteiger partial charge is 0.393 e. The second-order valence-corrected chi connectivity index (χ2v) is 6.81. The van der Waals surface area contributed by atoms with Gasteiger partial charge in [-0.15, -0.1) is 0 Å². The summed E-state index contributed by atoms with van der Waals surface area (Å²) in [6.07, 6.45) is 5.49.